The molecule has 96 valence electrons. The van der Waals surface area contributed by atoms with E-state index < -0.39 is 0 Å². The van der Waals surface area contributed by atoms with Gasteiger partial charge in [-0.2, -0.15) is 0 Å². The van der Waals surface area contributed by atoms with Crippen LogP contribution in [-0.4, -0.2) is 47.1 Å². The molecule has 0 bridgehead atoms. The molecule has 1 unspecified atom stereocenters. The number of pyridine rings is 1. The number of rotatable bonds is 2. The highest BCUT2D eigenvalue weighted by Crippen LogP contribution is 2.22. The molecule has 0 saturated carbocycles. The summed E-state index contributed by atoms with van der Waals surface area (Å²) in [5, 5.41) is 9.56. The number of hydrogen-bond acceptors (Lipinski definition) is 5. The molecular weight excluding hydrogens is 236 g/mol. The molecule has 1 atom stereocenters. The quantitative estimate of drug-likeness (QED) is 0.769. The first-order valence-corrected chi connectivity index (χ1v) is 5.63. The van der Waals surface area contributed by atoms with Gasteiger partial charge in [-0.15, -0.1) is 0 Å². The molecule has 2 rings (SSSR count). The van der Waals surface area contributed by atoms with Crippen LogP contribution in [0.3, 0.4) is 0 Å². The number of likely N-dealkylation sites (tertiary alicyclic amines) is 1. The van der Waals surface area contributed by atoms with Crippen LogP contribution < -0.4 is 0 Å². The highest BCUT2D eigenvalue weighted by atomic mass is 16.5. The van der Waals surface area contributed by atoms with Crippen molar-refractivity contribution in [1.82, 2.24) is 9.88 Å². The third-order valence-corrected chi connectivity index (χ3v) is 3.04. The molecule has 6 nitrogen and oxygen atoms in total. The van der Waals surface area contributed by atoms with Crippen LogP contribution in [0.4, 0.5) is 0 Å². The molecule has 1 N–H and O–H groups in total. The van der Waals surface area contributed by atoms with Gasteiger partial charge in [-0.05, 0) is 12.5 Å². The Kier molecular flexibility index (Phi) is 3.45. The summed E-state index contributed by atoms with van der Waals surface area (Å²) in [5.74, 6) is -1.02. The average molecular weight is 250 g/mol. The lowest BCUT2D eigenvalue weighted by Crippen LogP contribution is -2.30. The highest BCUT2D eigenvalue weighted by Gasteiger charge is 2.32. The second-order valence-corrected chi connectivity index (χ2v) is 4.15. The third kappa shape index (κ3) is 2.27. The molecule has 2 heterocycles. The molecule has 1 aromatic heterocycles. The van der Waals surface area contributed by atoms with Crippen LogP contribution in [0.25, 0.3) is 0 Å². The summed E-state index contributed by atoms with van der Waals surface area (Å²) < 4.78 is 4.66. The van der Waals surface area contributed by atoms with Gasteiger partial charge in [-0.25, -0.2) is 0 Å². The zero-order valence-corrected chi connectivity index (χ0v) is 10.00. The van der Waals surface area contributed by atoms with Crippen LogP contribution in [0.15, 0.2) is 18.5 Å². The van der Waals surface area contributed by atoms with Gasteiger partial charge in [0.05, 0.1) is 24.8 Å². The summed E-state index contributed by atoms with van der Waals surface area (Å²) in [6, 6.07) is 1.46. The molecule has 1 saturated heterocycles. The van der Waals surface area contributed by atoms with Crippen LogP contribution in [-0.2, 0) is 9.53 Å². The van der Waals surface area contributed by atoms with E-state index >= 15 is 0 Å². The maximum Gasteiger partial charge on any atom is 0.310 e. The van der Waals surface area contributed by atoms with Crippen LogP contribution in [0, 0.1) is 5.92 Å². The summed E-state index contributed by atoms with van der Waals surface area (Å²) in [7, 11) is 1.33. The number of ether oxygens (including phenoxy) is 1. The van der Waals surface area contributed by atoms with Gasteiger partial charge in [0.1, 0.15) is 5.75 Å². The summed E-state index contributed by atoms with van der Waals surface area (Å²) in [6.45, 7) is 0.813. The lowest BCUT2D eigenvalue weighted by Gasteiger charge is -2.16. The summed E-state index contributed by atoms with van der Waals surface area (Å²) in [6.07, 6.45) is 3.26. The molecule has 1 fully saturated rings. The van der Waals surface area contributed by atoms with Gasteiger partial charge in [-0.3, -0.25) is 14.6 Å². The fourth-order valence-electron chi connectivity index (χ4n) is 2.04. The molecule has 0 aromatic carbocycles. The Morgan fingerprint density at radius 2 is 2.33 bits per heavy atom. The van der Waals surface area contributed by atoms with Gasteiger partial charge in [-0.1, -0.05) is 0 Å². The van der Waals surface area contributed by atoms with Crippen molar-refractivity contribution in [2.24, 2.45) is 5.92 Å². The van der Waals surface area contributed by atoms with Crippen LogP contribution in [0.1, 0.15) is 16.8 Å². The molecule has 18 heavy (non-hydrogen) atoms. The number of amides is 1. The molecule has 1 amide bonds. The van der Waals surface area contributed by atoms with E-state index in [-0.39, 0.29) is 29.1 Å². The number of aromatic nitrogens is 1. The first-order valence-electron chi connectivity index (χ1n) is 5.63. The normalized spacial score (nSPS) is 18.7. The fraction of sp³-hybridized carbons (Fsp3) is 0.417. The Labute approximate surface area is 104 Å². The van der Waals surface area contributed by atoms with Gasteiger partial charge in [0.15, 0.2) is 0 Å². The molecular formula is C12H14N2O4. The first-order chi connectivity index (χ1) is 8.63. The molecule has 0 radical (unpaired) electrons. The summed E-state index contributed by atoms with van der Waals surface area (Å²) >= 11 is 0. The largest absolute Gasteiger partial charge is 0.505 e. The first kappa shape index (κ1) is 12.3. The van der Waals surface area contributed by atoms with E-state index in [4.69, 9.17) is 0 Å². The maximum atomic E-state index is 12.1. The number of carbonyl (C=O) groups is 2. The molecule has 1 aliphatic rings. The number of esters is 1. The van der Waals surface area contributed by atoms with E-state index in [0.717, 1.165) is 0 Å². The van der Waals surface area contributed by atoms with Crippen molar-refractivity contribution in [3.8, 4) is 5.75 Å². The Hall–Kier alpha value is -2.11. The number of methoxy groups -OCH3 is 1. The van der Waals surface area contributed by atoms with Gasteiger partial charge in [0, 0.05) is 19.3 Å². The van der Waals surface area contributed by atoms with Gasteiger partial charge >= 0.3 is 5.97 Å². The minimum absolute atomic E-state index is 0.149. The molecule has 1 aromatic rings. The monoisotopic (exact) mass is 250 g/mol. The molecule has 0 spiro atoms. The Morgan fingerprint density at radius 3 is 3.00 bits per heavy atom. The molecule has 6 heteroatoms. The number of nitrogens with zero attached hydrogens (tertiary/aromatic N) is 2. The van der Waals surface area contributed by atoms with Crippen LogP contribution in [0.2, 0.25) is 0 Å². The molecule has 1 aliphatic heterocycles. The van der Waals surface area contributed by atoms with Gasteiger partial charge in [0.2, 0.25) is 0 Å². The predicted molar refractivity (Wildman–Crippen MR) is 61.9 cm³/mol. The SMILES string of the molecule is COC(=O)C1CCN(C(=O)c2ccncc2O)C1. The Balaban J connectivity index is 2.08. The van der Waals surface area contributed by atoms with Crippen LogP contribution >= 0.6 is 0 Å². The van der Waals surface area contributed by atoms with Crippen molar-refractivity contribution >= 4 is 11.9 Å². The minimum atomic E-state index is -0.302. The third-order valence-electron chi connectivity index (χ3n) is 3.04. The fourth-order valence-corrected chi connectivity index (χ4v) is 2.04. The van der Waals surface area contributed by atoms with E-state index in [1.807, 2.05) is 0 Å². The van der Waals surface area contributed by atoms with E-state index in [2.05, 4.69) is 9.72 Å². The number of aromatic hydroxyl groups is 1. The van der Waals surface area contributed by atoms with Crippen molar-refractivity contribution in [3.63, 3.8) is 0 Å². The summed E-state index contributed by atoms with van der Waals surface area (Å²) in [5.41, 5.74) is 0.204. The van der Waals surface area contributed by atoms with Crippen molar-refractivity contribution in [1.29, 1.82) is 0 Å². The lowest BCUT2D eigenvalue weighted by molar-refractivity contribution is -0.144. The zero-order valence-electron chi connectivity index (χ0n) is 10.00. The topological polar surface area (TPSA) is 79.7 Å². The molecule has 0 aliphatic carbocycles. The van der Waals surface area contributed by atoms with Gasteiger partial charge < -0.3 is 14.7 Å². The minimum Gasteiger partial charge on any atom is -0.505 e. The number of hydrogen-bond donors (Lipinski definition) is 1. The zero-order chi connectivity index (χ0) is 13.1. The Morgan fingerprint density at radius 1 is 1.56 bits per heavy atom. The Bertz CT molecular complexity index is 475. The second-order valence-electron chi connectivity index (χ2n) is 4.15. The lowest BCUT2D eigenvalue weighted by atomic mass is 10.1. The standard InChI is InChI=1S/C12H14N2O4/c1-18-12(17)8-3-5-14(7-8)11(16)9-2-4-13-6-10(9)15/h2,4,6,8,15H,3,5,7H2,1H3. The maximum absolute atomic E-state index is 12.1. The number of carbonyl (C=O) groups excluding carboxylic acids is 2. The van der Waals surface area contributed by atoms with E-state index in [1.165, 1.54) is 30.5 Å². The van der Waals surface area contributed by atoms with Gasteiger partial charge in [0.25, 0.3) is 5.91 Å². The van der Waals surface area contributed by atoms with E-state index in [1.54, 1.807) is 0 Å². The van der Waals surface area contributed by atoms with Crippen molar-refractivity contribution in [2.75, 3.05) is 20.2 Å². The van der Waals surface area contributed by atoms with E-state index in [9.17, 15) is 14.7 Å². The van der Waals surface area contributed by atoms with Crippen molar-refractivity contribution in [2.45, 2.75) is 6.42 Å². The highest BCUT2D eigenvalue weighted by molar-refractivity contribution is 5.97. The average Bonchev–Trinajstić information content (AvgIpc) is 2.87. The van der Waals surface area contributed by atoms with E-state index in [0.29, 0.717) is 19.5 Å². The van der Waals surface area contributed by atoms with Crippen molar-refractivity contribution < 1.29 is 19.4 Å². The van der Waals surface area contributed by atoms with Crippen molar-refractivity contribution in [3.05, 3.63) is 24.0 Å². The smallest absolute Gasteiger partial charge is 0.310 e. The summed E-state index contributed by atoms with van der Waals surface area (Å²) in [4.78, 5) is 28.7. The second kappa shape index (κ2) is 5.03. The van der Waals surface area contributed by atoms with Crippen LogP contribution in [0.5, 0.6) is 5.75 Å². The predicted octanol–water partition coefficient (Wildman–Crippen LogP) is 0.422.